The molecule has 1 aromatic rings. The summed E-state index contributed by atoms with van der Waals surface area (Å²) in [7, 11) is -1.81. The number of hydrogen-bond acceptors (Lipinski definition) is 1. The number of alkyl halides is 3. The van der Waals surface area contributed by atoms with Gasteiger partial charge in [-0.25, -0.2) is 0 Å². The van der Waals surface area contributed by atoms with Crippen molar-refractivity contribution in [2.24, 2.45) is 0 Å². The fourth-order valence-corrected chi connectivity index (χ4v) is 3.78. The first-order chi connectivity index (χ1) is 7.29. The molecule has 0 aliphatic rings. The highest BCUT2D eigenvalue weighted by Gasteiger charge is 2.28. The Balaban J connectivity index is 2.52. The molecule has 0 N–H and O–H groups in total. The van der Waals surface area contributed by atoms with Gasteiger partial charge in [0, 0.05) is 0 Å². The zero-order valence-corrected chi connectivity index (χ0v) is 12.6. The Kier molecular flexibility index (Phi) is 5.14. The van der Waals surface area contributed by atoms with Crippen LogP contribution in [0.4, 0.5) is 0 Å². The van der Waals surface area contributed by atoms with E-state index in [0.29, 0.717) is 0 Å². The van der Waals surface area contributed by atoms with E-state index in [1.165, 1.54) is 5.56 Å². The number of rotatable bonds is 4. The third-order valence-electron chi connectivity index (χ3n) is 2.10. The predicted octanol–water partition coefficient (Wildman–Crippen LogP) is 4.36. The van der Waals surface area contributed by atoms with Crippen LogP contribution in [-0.4, -0.2) is 18.7 Å². The second-order valence-electron chi connectivity index (χ2n) is 4.33. The van der Waals surface area contributed by atoms with Gasteiger partial charge in [-0.05, 0) is 24.7 Å². The predicted molar refractivity (Wildman–Crippen MR) is 73.9 cm³/mol. The molecule has 5 heteroatoms. The highest BCUT2D eigenvalue weighted by Crippen LogP contribution is 2.28. The van der Waals surface area contributed by atoms with E-state index in [-0.39, 0.29) is 6.61 Å². The molecular weight excluding hydrogens is 283 g/mol. The molecule has 0 amide bonds. The van der Waals surface area contributed by atoms with E-state index < -0.39 is 12.1 Å². The Morgan fingerprint density at radius 1 is 1.12 bits per heavy atom. The van der Waals surface area contributed by atoms with Crippen molar-refractivity contribution in [3.63, 3.8) is 0 Å². The van der Waals surface area contributed by atoms with Crippen molar-refractivity contribution in [1.82, 2.24) is 0 Å². The van der Waals surface area contributed by atoms with Crippen LogP contribution in [0.1, 0.15) is 5.56 Å². The van der Waals surface area contributed by atoms with Crippen LogP contribution in [0.3, 0.4) is 0 Å². The summed E-state index contributed by atoms with van der Waals surface area (Å²) in [5, 5.41) is 0. The van der Waals surface area contributed by atoms with Gasteiger partial charge in [0.05, 0.1) is 6.61 Å². The highest BCUT2D eigenvalue weighted by molar-refractivity contribution is 6.71. The van der Waals surface area contributed by atoms with Crippen molar-refractivity contribution in [3.8, 4) is 0 Å². The first kappa shape index (κ1) is 14.3. The second-order valence-corrected chi connectivity index (χ2v) is 11.0. The molecule has 0 bridgehead atoms. The largest absolute Gasteiger partial charge is 0.413 e. The number of hydrogen-bond donors (Lipinski definition) is 0. The van der Waals surface area contributed by atoms with Gasteiger partial charge >= 0.3 is 0 Å². The van der Waals surface area contributed by atoms with Gasteiger partial charge in [0.15, 0.2) is 8.32 Å². The zero-order valence-electron chi connectivity index (χ0n) is 9.34. The van der Waals surface area contributed by atoms with E-state index in [1.54, 1.807) is 0 Å². The van der Waals surface area contributed by atoms with Crippen molar-refractivity contribution in [1.29, 1.82) is 0 Å². The zero-order chi connectivity index (χ0) is 12.2. The van der Waals surface area contributed by atoms with Crippen molar-refractivity contribution in [3.05, 3.63) is 35.9 Å². The minimum Gasteiger partial charge on any atom is -0.413 e. The van der Waals surface area contributed by atoms with E-state index in [9.17, 15) is 0 Å². The molecule has 0 unspecified atom stereocenters. The maximum atomic E-state index is 5.74. The lowest BCUT2D eigenvalue weighted by molar-refractivity contribution is 0.314. The van der Waals surface area contributed by atoms with E-state index in [2.05, 4.69) is 25.2 Å². The topological polar surface area (TPSA) is 9.23 Å². The molecule has 1 aromatic carbocycles. The molecule has 0 atom stereocenters. The standard InChI is InChI=1S/C11H15Cl3OSi/c1-16(2,15-9-11(12,13)14)8-10-6-4-3-5-7-10/h3-7H,8-9H2,1-2H3. The van der Waals surface area contributed by atoms with Gasteiger partial charge in [-0.15, -0.1) is 0 Å². The normalized spacial score (nSPS) is 12.8. The number of halogens is 3. The molecule has 0 saturated carbocycles. The molecule has 1 rings (SSSR count). The molecule has 0 aromatic heterocycles. The summed E-state index contributed by atoms with van der Waals surface area (Å²) in [5.41, 5.74) is 1.27. The van der Waals surface area contributed by atoms with E-state index in [4.69, 9.17) is 39.2 Å². The average molecular weight is 298 g/mol. The van der Waals surface area contributed by atoms with Crippen LogP contribution in [-0.2, 0) is 10.5 Å². The maximum absolute atomic E-state index is 5.74. The fourth-order valence-electron chi connectivity index (χ4n) is 1.42. The van der Waals surface area contributed by atoms with Crippen LogP contribution >= 0.6 is 34.8 Å². The first-order valence-electron chi connectivity index (χ1n) is 5.03. The smallest absolute Gasteiger partial charge is 0.212 e. The Bertz CT molecular complexity index is 322. The molecule has 90 valence electrons. The minimum absolute atomic E-state index is 0.156. The first-order valence-corrected chi connectivity index (χ1v) is 9.28. The summed E-state index contributed by atoms with van der Waals surface area (Å²) in [5.74, 6) is 0. The summed E-state index contributed by atoms with van der Waals surface area (Å²) >= 11 is 17.0. The van der Waals surface area contributed by atoms with Gasteiger partial charge in [0.25, 0.3) is 0 Å². The fraction of sp³-hybridized carbons (Fsp3) is 0.455. The van der Waals surface area contributed by atoms with Crippen LogP contribution in [0, 0.1) is 0 Å². The Morgan fingerprint density at radius 2 is 1.69 bits per heavy atom. The van der Waals surface area contributed by atoms with Gasteiger partial charge in [0.2, 0.25) is 3.79 Å². The van der Waals surface area contributed by atoms with Crippen LogP contribution < -0.4 is 0 Å². The quantitative estimate of drug-likeness (QED) is 0.593. The summed E-state index contributed by atoms with van der Waals surface area (Å²) < 4.78 is 4.42. The molecule has 0 saturated heterocycles. The summed E-state index contributed by atoms with van der Waals surface area (Å²) in [4.78, 5) is 0. The van der Waals surface area contributed by atoms with Crippen LogP contribution in [0.15, 0.2) is 30.3 Å². The van der Waals surface area contributed by atoms with Gasteiger partial charge in [-0.3, -0.25) is 0 Å². The van der Waals surface area contributed by atoms with Gasteiger partial charge in [0.1, 0.15) is 0 Å². The Morgan fingerprint density at radius 3 is 2.19 bits per heavy atom. The van der Waals surface area contributed by atoms with E-state index >= 15 is 0 Å². The lowest BCUT2D eigenvalue weighted by Gasteiger charge is -2.25. The minimum atomic E-state index is -1.81. The van der Waals surface area contributed by atoms with Gasteiger partial charge in [-0.2, -0.15) is 0 Å². The van der Waals surface area contributed by atoms with Gasteiger partial charge in [-0.1, -0.05) is 65.1 Å². The molecule has 0 fully saturated rings. The summed E-state index contributed by atoms with van der Waals surface area (Å²) in [6.45, 7) is 4.40. The highest BCUT2D eigenvalue weighted by atomic mass is 35.6. The average Bonchev–Trinajstić information content (AvgIpc) is 2.15. The van der Waals surface area contributed by atoms with E-state index in [0.717, 1.165) is 6.04 Å². The van der Waals surface area contributed by atoms with Crippen molar-refractivity contribution in [2.45, 2.75) is 22.9 Å². The molecule has 0 heterocycles. The van der Waals surface area contributed by atoms with Gasteiger partial charge < -0.3 is 4.43 Å². The molecule has 1 nitrogen and oxygen atoms in total. The maximum Gasteiger partial charge on any atom is 0.212 e. The van der Waals surface area contributed by atoms with Crippen molar-refractivity contribution in [2.75, 3.05) is 6.61 Å². The van der Waals surface area contributed by atoms with Crippen LogP contribution in [0.2, 0.25) is 13.1 Å². The summed E-state index contributed by atoms with van der Waals surface area (Å²) in [6, 6.07) is 11.2. The van der Waals surface area contributed by atoms with Crippen molar-refractivity contribution < 1.29 is 4.43 Å². The lowest BCUT2D eigenvalue weighted by atomic mass is 10.2. The molecule has 0 radical (unpaired) electrons. The SMILES string of the molecule is C[Si](C)(Cc1ccccc1)OCC(Cl)(Cl)Cl. The molecular formula is C11H15Cl3OSi. The third kappa shape index (κ3) is 6.11. The summed E-state index contributed by atoms with van der Waals surface area (Å²) in [6.07, 6.45) is 0. The monoisotopic (exact) mass is 296 g/mol. The molecule has 0 aliphatic heterocycles. The third-order valence-corrected chi connectivity index (χ3v) is 4.61. The van der Waals surface area contributed by atoms with Crippen LogP contribution in [0.5, 0.6) is 0 Å². The lowest BCUT2D eigenvalue weighted by Crippen LogP contribution is -2.36. The molecule has 16 heavy (non-hydrogen) atoms. The van der Waals surface area contributed by atoms with E-state index in [1.807, 2.05) is 18.2 Å². The number of benzene rings is 1. The Hall–Kier alpha value is 0.267. The molecule has 0 spiro atoms. The van der Waals surface area contributed by atoms with Crippen molar-refractivity contribution >= 4 is 43.1 Å². The second kappa shape index (κ2) is 5.74. The Labute approximate surface area is 113 Å². The molecule has 0 aliphatic carbocycles. The van der Waals surface area contributed by atoms with Crippen LogP contribution in [0.25, 0.3) is 0 Å².